The fourth-order valence-electron chi connectivity index (χ4n) is 2.82. The van der Waals surface area contributed by atoms with Gasteiger partial charge in [0.1, 0.15) is 4.75 Å². The lowest BCUT2D eigenvalue weighted by Crippen LogP contribution is -2.36. The third-order valence-electron chi connectivity index (χ3n) is 3.95. The molecule has 0 aromatic carbocycles. The van der Waals surface area contributed by atoms with Crippen LogP contribution in [0.3, 0.4) is 0 Å². The van der Waals surface area contributed by atoms with E-state index in [0.717, 1.165) is 37.4 Å². The van der Waals surface area contributed by atoms with Crippen LogP contribution in [0.4, 0.5) is 13.2 Å². The highest BCUT2D eigenvalue weighted by molar-refractivity contribution is 8.16. The minimum atomic E-state index is -4.36. The van der Waals surface area contributed by atoms with E-state index in [9.17, 15) is 18.0 Å². The molecule has 2 aliphatic rings. The molecule has 1 amide bonds. The van der Waals surface area contributed by atoms with E-state index in [2.05, 4.69) is 10.3 Å². The zero-order valence-corrected chi connectivity index (χ0v) is 12.9. The normalized spacial score (nSPS) is 29.0. The van der Waals surface area contributed by atoms with Crippen molar-refractivity contribution in [1.82, 2.24) is 5.32 Å². The number of thioether (sulfide) groups is 1. The summed E-state index contributed by atoms with van der Waals surface area (Å²) in [6.07, 6.45) is 2.36. The van der Waals surface area contributed by atoms with Gasteiger partial charge in [-0.2, -0.15) is 18.2 Å². The molecule has 0 saturated heterocycles. The Labute approximate surface area is 127 Å². The smallest absolute Gasteiger partial charge is 0.362 e. The predicted octanol–water partition coefficient (Wildman–Crippen LogP) is 4.03. The molecular formula is C14H21F3N2OS. The molecule has 7 heteroatoms. The van der Waals surface area contributed by atoms with Crippen LogP contribution in [0.5, 0.6) is 0 Å². The zero-order valence-electron chi connectivity index (χ0n) is 12.1. The van der Waals surface area contributed by atoms with Gasteiger partial charge in [0.25, 0.3) is 5.91 Å². The molecule has 0 aromatic rings. The second-order valence-corrected chi connectivity index (χ2v) is 7.53. The first-order valence-corrected chi connectivity index (χ1v) is 8.26. The number of nitrogens with zero attached hydrogens (tertiary/aromatic N) is 1. The van der Waals surface area contributed by atoms with Crippen LogP contribution >= 0.6 is 11.8 Å². The predicted molar refractivity (Wildman–Crippen MR) is 78.4 cm³/mol. The van der Waals surface area contributed by atoms with Crippen LogP contribution in [0, 0.1) is 0 Å². The van der Waals surface area contributed by atoms with Gasteiger partial charge in [0, 0.05) is 6.04 Å². The van der Waals surface area contributed by atoms with Gasteiger partial charge in [0.15, 0.2) is 5.17 Å². The number of amidine groups is 1. The van der Waals surface area contributed by atoms with Crippen molar-refractivity contribution in [3.63, 3.8) is 0 Å². The number of carbonyl (C=O) groups is 1. The van der Waals surface area contributed by atoms with Gasteiger partial charge in [0.2, 0.25) is 0 Å². The summed E-state index contributed by atoms with van der Waals surface area (Å²) < 4.78 is 36.2. The van der Waals surface area contributed by atoms with Gasteiger partial charge in [-0.05, 0) is 19.8 Å². The van der Waals surface area contributed by atoms with Gasteiger partial charge < -0.3 is 5.32 Å². The van der Waals surface area contributed by atoms with Crippen molar-refractivity contribution in [2.75, 3.05) is 0 Å². The fourth-order valence-corrected chi connectivity index (χ4v) is 3.97. The highest BCUT2D eigenvalue weighted by Crippen LogP contribution is 2.42. The highest BCUT2D eigenvalue weighted by atomic mass is 32.2. The minimum absolute atomic E-state index is 0.220. The van der Waals surface area contributed by atoms with Gasteiger partial charge >= 0.3 is 6.18 Å². The monoisotopic (exact) mass is 322 g/mol. The zero-order chi connectivity index (χ0) is 15.5. The third-order valence-corrected chi connectivity index (χ3v) is 5.12. The largest absolute Gasteiger partial charge is 0.390 e. The molecule has 1 heterocycles. The van der Waals surface area contributed by atoms with Crippen LogP contribution in [-0.4, -0.2) is 28.0 Å². The summed E-state index contributed by atoms with van der Waals surface area (Å²) in [5, 5.41) is 3.54. The summed E-state index contributed by atoms with van der Waals surface area (Å²) in [5.74, 6) is -0.682. The number of aliphatic imine (C=N–C) groups is 1. The van der Waals surface area contributed by atoms with Crippen LogP contribution in [0.2, 0.25) is 0 Å². The standard InChI is InChI=1S/C14H21F3N2OS/c1-13(9-14(15,16)17)11(20)19-12(21-13)18-10-7-5-3-2-4-6-8-10/h10H,2-9H2,1H3,(H,18,19,20). The number of carbonyl (C=O) groups excluding carboxylic acids is 1. The summed E-state index contributed by atoms with van der Waals surface area (Å²) in [6, 6.07) is 0.220. The molecule has 0 spiro atoms. The summed E-state index contributed by atoms with van der Waals surface area (Å²) in [5.41, 5.74) is 0. The number of nitrogens with one attached hydrogen (secondary N) is 1. The number of rotatable bonds is 2. The topological polar surface area (TPSA) is 41.5 Å². The molecule has 0 aromatic heterocycles. The average molecular weight is 322 g/mol. The molecule has 21 heavy (non-hydrogen) atoms. The number of halogens is 3. The SMILES string of the molecule is CC1(CC(F)(F)F)SC(NC2CCCCCCC2)=NC1=O. The maximum atomic E-state index is 12.6. The molecule has 1 atom stereocenters. The molecule has 1 aliphatic carbocycles. The average Bonchev–Trinajstić information content (AvgIpc) is 2.55. The highest BCUT2D eigenvalue weighted by Gasteiger charge is 2.49. The Morgan fingerprint density at radius 2 is 1.81 bits per heavy atom. The van der Waals surface area contributed by atoms with E-state index in [4.69, 9.17) is 0 Å². The van der Waals surface area contributed by atoms with Gasteiger partial charge in [-0.3, -0.25) is 4.79 Å². The van der Waals surface area contributed by atoms with Crippen molar-refractivity contribution in [2.24, 2.45) is 4.99 Å². The van der Waals surface area contributed by atoms with E-state index in [0.29, 0.717) is 5.17 Å². The Bertz CT molecular complexity index is 417. The maximum Gasteiger partial charge on any atom is 0.390 e. The summed E-state index contributed by atoms with van der Waals surface area (Å²) in [4.78, 5) is 15.6. The second-order valence-electron chi connectivity index (χ2n) is 6.03. The number of hydrogen-bond donors (Lipinski definition) is 1. The summed E-state index contributed by atoms with van der Waals surface area (Å²) in [6.45, 7) is 1.32. The van der Waals surface area contributed by atoms with Crippen molar-refractivity contribution in [3.8, 4) is 0 Å². The van der Waals surface area contributed by atoms with Crippen molar-refractivity contribution >= 4 is 22.8 Å². The van der Waals surface area contributed by atoms with Gasteiger partial charge in [-0.1, -0.05) is 43.9 Å². The Hall–Kier alpha value is -0.720. The van der Waals surface area contributed by atoms with E-state index >= 15 is 0 Å². The van der Waals surface area contributed by atoms with Gasteiger partial charge in [-0.25, -0.2) is 0 Å². The third kappa shape index (κ3) is 4.90. The number of alkyl halides is 3. The maximum absolute atomic E-state index is 12.6. The molecule has 0 bridgehead atoms. The molecule has 2 rings (SSSR count). The Balaban J connectivity index is 1.93. The molecule has 1 aliphatic heterocycles. The molecule has 3 nitrogen and oxygen atoms in total. The van der Waals surface area contributed by atoms with Crippen LogP contribution in [-0.2, 0) is 4.79 Å². The van der Waals surface area contributed by atoms with Crippen molar-refractivity contribution < 1.29 is 18.0 Å². The van der Waals surface area contributed by atoms with Crippen molar-refractivity contribution in [3.05, 3.63) is 0 Å². The van der Waals surface area contributed by atoms with E-state index in [1.54, 1.807) is 0 Å². The quantitative estimate of drug-likeness (QED) is 0.834. The summed E-state index contributed by atoms with van der Waals surface area (Å²) in [7, 11) is 0. The fraction of sp³-hybridized carbons (Fsp3) is 0.857. The van der Waals surface area contributed by atoms with E-state index < -0.39 is 23.3 Å². The molecular weight excluding hydrogens is 301 g/mol. The summed E-state index contributed by atoms with van der Waals surface area (Å²) >= 11 is 0.923. The number of amides is 1. The molecule has 120 valence electrons. The first-order valence-electron chi connectivity index (χ1n) is 7.44. The van der Waals surface area contributed by atoms with E-state index in [1.807, 2.05) is 0 Å². The first kappa shape index (κ1) is 16.6. The molecule has 1 saturated carbocycles. The van der Waals surface area contributed by atoms with Crippen molar-refractivity contribution in [2.45, 2.75) is 75.3 Å². The second kappa shape index (κ2) is 6.58. The minimum Gasteiger partial charge on any atom is -0.362 e. The first-order chi connectivity index (χ1) is 9.78. The molecule has 1 unspecified atom stereocenters. The lowest BCUT2D eigenvalue weighted by Gasteiger charge is -2.24. The Kier molecular flexibility index (Phi) is 5.22. The van der Waals surface area contributed by atoms with Crippen LogP contribution in [0.1, 0.15) is 58.3 Å². The Morgan fingerprint density at radius 3 is 2.38 bits per heavy atom. The van der Waals surface area contributed by atoms with Gasteiger partial charge in [0.05, 0.1) is 6.42 Å². The number of hydrogen-bond acceptors (Lipinski definition) is 3. The molecule has 1 N–H and O–H groups in total. The van der Waals surface area contributed by atoms with E-state index in [1.165, 1.54) is 26.2 Å². The Morgan fingerprint density at radius 1 is 1.24 bits per heavy atom. The lowest BCUT2D eigenvalue weighted by molar-refractivity contribution is -0.147. The molecule has 1 fully saturated rings. The van der Waals surface area contributed by atoms with Crippen molar-refractivity contribution in [1.29, 1.82) is 0 Å². The van der Waals surface area contributed by atoms with Crippen LogP contribution in [0.25, 0.3) is 0 Å². The van der Waals surface area contributed by atoms with Crippen LogP contribution < -0.4 is 5.32 Å². The van der Waals surface area contributed by atoms with Crippen LogP contribution in [0.15, 0.2) is 4.99 Å². The lowest BCUT2D eigenvalue weighted by atomic mass is 9.97. The van der Waals surface area contributed by atoms with E-state index in [-0.39, 0.29) is 6.04 Å². The molecule has 0 radical (unpaired) electrons. The van der Waals surface area contributed by atoms with Gasteiger partial charge in [-0.15, -0.1) is 0 Å².